The molecule has 0 fully saturated rings. The Morgan fingerprint density at radius 2 is 2.24 bits per heavy atom. The van der Waals surface area contributed by atoms with E-state index in [1.165, 1.54) is 0 Å². The Hall–Kier alpha value is -1.55. The molecule has 1 rings (SSSR count). The van der Waals surface area contributed by atoms with Crippen molar-refractivity contribution in [2.24, 2.45) is 0 Å². The summed E-state index contributed by atoms with van der Waals surface area (Å²) >= 11 is 5.80. The van der Waals surface area contributed by atoms with Crippen molar-refractivity contribution in [2.45, 2.75) is 6.92 Å². The molecule has 0 heterocycles. The average molecular weight is 255 g/mol. The predicted molar refractivity (Wildman–Crippen MR) is 68.8 cm³/mol. The molecule has 1 aromatic rings. The second kappa shape index (κ2) is 6.25. The van der Waals surface area contributed by atoms with Crippen molar-refractivity contribution >= 4 is 29.5 Å². The van der Waals surface area contributed by atoms with Crippen molar-refractivity contribution in [2.75, 3.05) is 25.0 Å². The minimum Gasteiger partial charge on any atom is -0.365 e. The first-order valence-corrected chi connectivity index (χ1v) is 5.68. The number of halogens is 1. The van der Waals surface area contributed by atoms with E-state index in [-0.39, 0.29) is 12.5 Å². The lowest BCUT2D eigenvalue weighted by molar-refractivity contribution is -0.119. The first-order valence-electron chi connectivity index (χ1n) is 5.31. The Kier molecular flexibility index (Phi) is 4.97. The fourth-order valence-electron chi connectivity index (χ4n) is 1.52. The second-order valence-electron chi connectivity index (χ2n) is 3.63. The van der Waals surface area contributed by atoms with E-state index in [9.17, 15) is 9.59 Å². The van der Waals surface area contributed by atoms with Gasteiger partial charge in [-0.05, 0) is 25.1 Å². The monoisotopic (exact) mass is 254 g/mol. The first-order chi connectivity index (χ1) is 8.08. The Bertz CT molecular complexity index is 421. The fourth-order valence-corrected chi connectivity index (χ4v) is 1.70. The van der Waals surface area contributed by atoms with Crippen molar-refractivity contribution in [1.29, 1.82) is 0 Å². The number of likely N-dealkylation sites (N-methyl/N-ethyl adjacent to an activating group) is 2. The molecule has 0 bridgehead atoms. The van der Waals surface area contributed by atoms with Gasteiger partial charge in [0.15, 0.2) is 6.29 Å². The number of hydrogen-bond donors (Lipinski definition) is 1. The predicted octanol–water partition coefficient (Wildman–Crippen LogP) is 1.72. The van der Waals surface area contributed by atoms with Gasteiger partial charge in [-0.2, -0.15) is 0 Å². The molecule has 1 aromatic carbocycles. The van der Waals surface area contributed by atoms with Gasteiger partial charge in [-0.15, -0.1) is 0 Å². The van der Waals surface area contributed by atoms with E-state index in [0.717, 1.165) is 6.29 Å². The van der Waals surface area contributed by atoms with Crippen LogP contribution in [-0.4, -0.2) is 32.3 Å². The summed E-state index contributed by atoms with van der Waals surface area (Å²) in [4.78, 5) is 24.0. The van der Waals surface area contributed by atoms with Gasteiger partial charge in [0, 0.05) is 29.9 Å². The van der Waals surface area contributed by atoms with Crippen molar-refractivity contribution in [3.63, 3.8) is 0 Å². The Labute approximate surface area is 106 Å². The summed E-state index contributed by atoms with van der Waals surface area (Å²) in [6, 6.07) is 5.00. The highest BCUT2D eigenvalue weighted by molar-refractivity contribution is 6.31. The van der Waals surface area contributed by atoms with Crippen molar-refractivity contribution < 1.29 is 9.59 Å². The van der Waals surface area contributed by atoms with Gasteiger partial charge in [0.1, 0.15) is 0 Å². The Morgan fingerprint density at radius 3 is 2.82 bits per heavy atom. The van der Waals surface area contributed by atoms with Crippen LogP contribution in [0, 0.1) is 0 Å². The molecule has 0 unspecified atom stereocenters. The van der Waals surface area contributed by atoms with Gasteiger partial charge in [0.2, 0.25) is 5.91 Å². The number of carbonyl (C=O) groups is 2. The van der Waals surface area contributed by atoms with Crippen LogP contribution in [-0.2, 0) is 4.79 Å². The van der Waals surface area contributed by atoms with Gasteiger partial charge in [0.05, 0.1) is 6.54 Å². The van der Waals surface area contributed by atoms with Crippen LogP contribution in [0.15, 0.2) is 18.2 Å². The summed E-state index contributed by atoms with van der Waals surface area (Å²) in [6.45, 7) is 2.65. The fraction of sp³-hybridized carbons (Fsp3) is 0.333. The topological polar surface area (TPSA) is 49.4 Å². The molecule has 0 atom stereocenters. The Morgan fingerprint density at radius 1 is 1.53 bits per heavy atom. The van der Waals surface area contributed by atoms with Gasteiger partial charge < -0.3 is 10.2 Å². The number of anilines is 1. The summed E-state index contributed by atoms with van der Waals surface area (Å²) in [6.07, 6.45) is 0.732. The average Bonchev–Trinajstić information content (AvgIpc) is 2.28. The number of rotatable bonds is 5. The van der Waals surface area contributed by atoms with Crippen LogP contribution in [0.5, 0.6) is 0 Å². The molecular formula is C12H15ClN2O2. The normalized spacial score (nSPS) is 9.82. The second-order valence-corrected chi connectivity index (χ2v) is 4.07. The molecule has 0 saturated carbocycles. The zero-order chi connectivity index (χ0) is 12.8. The number of carbonyl (C=O) groups excluding carboxylic acids is 2. The largest absolute Gasteiger partial charge is 0.365 e. The highest BCUT2D eigenvalue weighted by Gasteiger charge is 2.10. The molecule has 0 spiro atoms. The van der Waals surface area contributed by atoms with Gasteiger partial charge in [-0.3, -0.25) is 9.59 Å². The van der Waals surface area contributed by atoms with Crippen molar-refractivity contribution in [3.05, 3.63) is 28.8 Å². The molecule has 1 N–H and O–H groups in total. The lowest BCUT2D eigenvalue weighted by atomic mass is 10.2. The van der Waals surface area contributed by atoms with Crippen LogP contribution in [0.1, 0.15) is 17.3 Å². The number of nitrogens with zero attached hydrogens (tertiary/aromatic N) is 1. The molecule has 0 aliphatic rings. The summed E-state index contributed by atoms with van der Waals surface area (Å²) in [7, 11) is 1.76. The molecule has 0 radical (unpaired) electrons. The van der Waals surface area contributed by atoms with E-state index in [1.807, 2.05) is 6.92 Å². The summed E-state index contributed by atoms with van der Waals surface area (Å²) in [5.41, 5.74) is 1.17. The Balaban J connectivity index is 2.84. The van der Waals surface area contributed by atoms with E-state index in [2.05, 4.69) is 5.32 Å². The van der Waals surface area contributed by atoms with Crippen LogP contribution < -0.4 is 10.2 Å². The zero-order valence-corrected chi connectivity index (χ0v) is 10.6. The lowest BCUT2D eigenvalue weighted by Gasteiger charge is -2.20. The SMILES string of the molecule is CCNC(=O)CN(C)c1ccc(Cl)cc1C=O. The van der Waals surface area contributed by atoms with Gasteiger partial charge in [-0.1, -0.05) is 11.6 Å². The van der Waals surface area contributed by atoms with Gasteiger partial charge in [0.25, 0.3) is 0 Å². The van der Waals surface area contributed by atoms with Crippen molar-refractivity contribution in [1.82, 2.24) is 5.32 Å². The third-order valence-electron chi connectivity index (χ3n) is 2.28. The number of amides is 1. The molecule has 0 aliphatic heterocycles. The summed E-state index contributed by atoms with van der Waals surface area (Å²) in [5, 5.41) is 3.20. The molecule has 4 nitrogen and oxygen atoms in total. The van der Waals surface area contributed by atoms with Crippen LogP contribution in [0.4, 0.5) is 5.69 Å². The van der Waals surface area contributed by atoms with Crippen LogP contribution in [0.2, 0.25) is 5.02 Å². The molecule has 1 amide bonds. The highest BCUT2D eigenvalue weighted by atomic mass is 35.5. The van der Waals surface area contributed by atoms with Crippen molar-refractivity contribution in [3.8, 4) is 0 Å². The third-order valence-corrected chi connectivity index (χ3v) is 2.52. The minimum absolute atomic E-state index is 0.0817. The van der Waals surface area contributed by atoms with Gasteiger partial charge >= 0.3 is 0 Å². The van der Waals surface area contributed by atoms with E-state index >= 15 is 0 Å². The number of benzene rings is 1. The van der Waals surface area contributed by atoms with Gasteiger partial charge in [-0.25, -0.2) is 0 Å². The quantitative estimate of drug-likeness (QED) is 0.814. The van der Waals surface area contributed by atoms with Crippen LogP contribution in [0.25, 0.3) is 0 Å². The molecular weight excluding hydrogens is 240 g/mol. The van der Waals surface area contributed by atoms with E-state index in [0.29, 0.717) is 22.8 Å². The molecule has 92 valence electrons. The first kappa shape index (κ1) is 13.5. The lowest BCUT2D eigenvalue weighted by Crippen LogP contribution is -2.35. The maximum Gasteiger partial charge on any atom is 0.239 e. The zero-order valence-electron chi connectivity index (χ0n) is 9.87. The smallest absolute Gasteiger partial charge is 0.239 e. The third kappa shape index (κ3) is 3.75. The molecule has 0 aliphatic carbocycles. The highest BCUT2D eigenvalue weighted by Crippen LogP contribution is 2.21. The maximum atomic E-state index is 11.4. The number of nitrogens with one attached hydrogen (secondary N) is 1. The molecule has 0 saturated heterocycles. The number of hydrogen-bond acceptors (Lipinski definition) is 3. The molecule has 17 heavy (non-hydrogen) atoms. The van der Waals surface area contributed by atoms with E-state index in [4.69, 9.17) is 11.6 Å². The van der Waals surface area contributed by atoms with Crippen LogP contribution in [0.3, 0.4) is 0 Å². The van der Waals surface area contributed by atoms with E-state index < -0.39 is 0 Å². The molecule has 5 heteroatoms. The standard InChI is InChI=1S/C12H15ClN2O2/c1-3-14-12(17)7-15(2)11-5-4-10(13)6-9(11)8-16/h4-6,8H,3,7H2,1-2H3,(H,14,17). The maximum absolute atomic E-state index is 11.4. The number of aldehydes is 1. The van der Waals surface area contributed by atoms with E-state index in [1.54, 1.807) is 30.1 Å². The summed E-state index contributed by atoms with van der Waals surface area (Å²) in [5.74, 6) is -0.0817. The summed E-state index contributed by atoms with van der Waals surface area (Å²) < 4.78 is 0. The van der Waals surface area contributed by atoms with Crippen LogP contribution >= 0.6 is 11.6 Å². The minimum atomic E-state index is -0.0817. The molecule has 0 aromatic heterocycles.